The summed E-state index contributed by atoms with van der Waals surface area (Å²) in [6, 6.07) is 7.98. The summed E-state index contributed by atoms with van der Waals surface area (Å²) in [5.74, 6) is 1.69. The maximum Gasteiger partial charge on any atom is 0.191 e. The third-order valence-corrected chi connectivity index (χ3v) is 3.52. The molecule has 1 aromatic carbocycles. The van der Waals surface area contributed by atoms with Crippen LogP contribution in [0.5, 0.6) is 5.75 Å². The van der Waals surface area contributed by atoms with Gasteiger partial charge in [-0.2, -0.15) is 5.10 Å². The molecule has 6 nitrogen and oxygen atoms in total. The van der Waals surface area contributed by atoms with E-state index in [9.17, 15) is 0 Å². The van der Waals surface area contributed by atoms with Gasteiger partial charge in [0.1, 0.15) is 5.75 Å². The molecule has 0 saturated heterocycles. The number of guanidine groups is 1. The van der Waals surface area contributed by atoms with E-state index >= 15 is 0 Å². The molecule has 2 rings (SSSR count). The van der Waals surface area contributed by atoms with Gasteiger partial charge in [0.15, 0.2) is 5.96 Å². The zero-order chi connectivity index (χ0) is 17.2. The molecule has 0 aliphatic carbocycles. The van der Waals surface area contributed by atoms with Gasteiger partial charge in [-0.1, -0.05) is 12.1 Å². The second-order valence-corrected chi connectivity index (χ2v) is 5.61. The molecule has 138 valence electrons. The molecule has 25 heavy (non-hydrogen) atoms. The topological polar surface area (TPSA) is 63.5 Å². The van der Waals surface area contributed by atoms with E-state index in [1.165, 1.54) is 5.56 Å². The lowest BCUT2D eigenvalue weighted by molar-refractivity contribution is 0.414. The highest BCUT2D eigenvalue weighted by Crippen LogP contribution is 2.13. The highest BCUT2D eigenvalue weighted by molar-refractivity contribution is 14.0. The van der Waals surface area contributed by atoms with Gasteiger partial charge in [0.25, 0.3) is 0 Å². The van der Waals surface area contributed by atoms with Crippen molar-refractivity contribution in [1.82, 2.24) is 20.4 Å². The molecular weight excluding hydrogens is 429 g/mol. The third-order valence-electron chi connectivity index (χ3n) is 3.52. The first-order valence-electron chi connectivity index (χ1n) is 8.35. The summed E-state index contributed by atoms with van der Waals surface area (Å²) in [5.41, 5.74) is 2.31. The zero-order valence-corrected chi connectivity index (χ0v) is 17.5. The molecule has 0 unspecified atom stereocenters. The lowest BCUT2D eigenvalue weighted by atomic mass is 10.2. The van der Waals surface area contributed by atoms with Crippen LogP contribution in [0.15, 0.2) is 41.7 Å². The summed E-state index contributed by atoms with van der Waals surface area (Å²) >= 11 is 0. The molecule has 2 N–H and O–H groups in total. The number of nitrogens with zero attached hydrogens (tertiary/aromatic N) is 3. The fraction of sp³-hybridized carbons (Fsp3) is 0.444. The van der Waals surface area contributed by atoms with Crippen molar-refractivity contribution in [3.05, 3.63) is 47.8 Å². The van der Waals surface area contributed by atoms with Gasteiger partial charge < -0.3 is 15.4 Å². The number of hydrogen-bond acceptors (Lipinski definition) is 3. The molecule has 0 saturated carbocycles. The molecule has 0 spiro atoms. The average molecular weight is 457 g/mol. The number of halogens is 1. The highest BCUT2D eigenvalue weighted by atomic mass is 127. The second kappa shape index (κ2) is 11.7. The summed E-state index contributed by atoms with van der Waals surface area (Å²) in [6.07, 6.45) is 4.93. The number of aliphatic imine (C=N–C) groups is 1. The molecule has 1 aromatic heterocycles. The lowest BCUT2D eigenvalue weighted by Crippen LogP contribution is -2.38. The molecule has 0 atom stereocenters. The Labute approximate surface area is 167 Å². The maximum absolute atomic E-state index is 5.24. The van der Waals surface area contributed by atoms with E-state index in [-0.39, 0.29) is 24.0 Å². The Morgan fingerprint density at radius 1 is 1.32 bits per heavy atom. The van der Waals surface area contributed by atoms with Crippen LogP contribution in [0.25, 0.3) is 0 Å². The van der Waals surface area contributed by atoms with Gasteiger partial charge in [0.2, 0.25) is 0 Å². The molecule has 0 aliphatic heterocycles. The molecule has 2 aromatic rings. The lowest BCUT2D eigenvalue weighted by Gasteiger charge is -2.11. The first-order chi connectivity index (χ1) is 11.7. The van der Waals surface area contributed by atoms with Gasteiger partial charge in [-0.3, -0.25) is 4.68 Å². The van der Waals surface area contributed by atoms with Crippen molar-refractivity contribution in [1.29, 1.82) is 0 Å². The number of hydrogen-bond donors (Lipinski definition) is 2. The zero-order valence-electron chi connectivity index (χ0n) is 15.2. The number of nitrogens with one attached hydrogen (secondary N) is 2. The molecule has 7 heteroatoms. The SMILES string of the molecule is CCNC(=NCc1cccc(OC)c1)NCCCn1cc(C)cn1.I. The molecule has 0 amide bonds. The monoisotopic (exact) mass is 457 g/mol. The van der Waals surface area contributed by atoms with Crippen molar-refractivity contribution in [2.45, 2.75) is 33.4 Å². The quantitative estimate of drug-likeness (QED) is 0.277. The summed E-state index contributed by atoms with van der Waals surface area (Å²) in [6.45, 7) is 7.32. The van der Waals surface area contributed by atoms with Crippen LogP contribution in [0.4, 0.5) is 0 Å². The predicted octanol–water partition coefficient (Wildman–Crippen LogP) is 2.96. The number of ether oxygens (including phenoxy) is 1. The molecule has 0 bridgehead atoms. The van der Waals surface area contributed by atoms with E-state index in [2.05, 4.69) is 46.8 Å². The molecule has 0 fully saturated rings. The van der Waals surface area contributed by atoms with E-state index in [1.54, 1.807) is 7.11 Å². The van der Waals surface area contributed by atoms with Crippen LogP contribution in [0.1, 0.15) is 24.5 Å². The van der Waals surface area contributed by atoms with Gasteiger partial charge in [-0.25, -0.2) is 4.99 Å². The van der Waals surface area contributed by atoms with Crippen molar-refractivity contribution in [2.75, 3.05) is 20.2 Å². The number of methoxy groups -OCH3 is 1. The minimum Gasteiger partial charge on any atom is -0.497 e. The van der Waals surface area contributed by atoms with Crippen molar-refractivity contribution in [2.24, 2.45) is 4.99 Å². The average Bonchev–Trinajstić information content (AvgIpc) is 3.02. The Kier molecular flexibility index (Phi) is 9.98. The minimum atomic E-state index is 0. The molecular formula is C18H28IN5O. The Hall–Kier alpha value is -1.77. The highest BCUT2D eigenvalue weighted by Gasteiger charge is 2.00. The van der Waals surface area contributed by atoms with Crippen LogP contribution in [-0.4, -0.2) is 35.9 Å². The summed E-state index contributed by atoms with van der Waals surface area (Å²) < 4.78 is 7.21. The molecule has 0 radical (unpaired) electrons. The van der Waals surface area contributed by atoms with Crippen molar-refractivity contribution < 1.29 is 4.74 Å². The van der Waals surface area contributed by atoms with Crippen LogP contribution in [0.2, 0.25) is 0 Å². The van der Waals surface area contributed by atoms with Gasteiger partial charge in [0, 0.05) is 25.8 Å². The summed E-state index contributed by atoms with van der Waals surface area (Å²) in [4.78, 5) is 4.62. The number of aryl methyl sites for hydroxylation is 2. The Morgan fingerprint density at radius 2 is 2.16 bits per heavy atom. The van der Waals surface area contributed by atoms with E-state index < -0.39 is 0 Å². The predicted molar refractivity (Wildman–Crippen MR) is 113 cm³/mol. The van der Waals surface area contributed by atoms with Gasteiger partial charge in [0.05, 0.1) is 19.9 Å². The minimum absolute atomic E-state index is 0. The van der Waals surface area contributed by atoms with Crippen LogP contribution in [0, 0.1) is 6.92 Å². The third kappa shape index (κ3) is 7.76. The van der Waals surface area contributed by atoms with Crippen molar-refractivity contribution in [3.8, 4) is 5.75 Å². The van der Waals surface area contributed by atoms with Crippen LogP contribution < -0.4 is 15.4 Å². The van der Waals surface area contributed by atoms with Gasteiger partial charge in [-0.05, 0) is 43.5 Å². The number of aromatic nitrogens is 2. The second-order valence-electron chi connectivity index (χ2n) is 5.61. The molecule has 1 heterocycles. The number of benzene rings is 1. The van der Waals surface area contributed by atoms with Crippen LogP contribution >= 0.6 is 24.0 Å². The van der Waals surface area contributed by atoms with E-state index in [1.807, 2.05) is 29.1 Å². The summed E-state index contributed by atoms with van der Waals surface area (Å²) in [5, 5.41) is 10.9. The van der Waals surface area contributed by atoms with Crippen molar-refractivity contribution >= 4 is 29.9 Å². The fourth-order valence-corrected chi connectivity index (χ4v) is 2.32. The number of rotatable bonds is 8. The van der Waals surface area contributed by atoms with Crippen molar-refractivity contribution in [3.63, 3.8) is 0 Å². The smallest absolute Gasteiger partial charge is 0.191 e. The maximum atomic E-state index is 5.24. The van der Waals surface area contributed by atoms with Crippen LogP contribution in [0.3, 0.4) is 0 Å². The van der Waals surface area contributed by atoms with E-state index in [4.69, 9.17) is 4.74 Å². The largest absolute Gasteiger partial charge is 0.497 e. The Morgan fingerprint density at radius 3 is 2.84 bits per heavy atom. The van der Waals surface area contributed by atoms with E-state index in [0.717, 1.165) is 43.3 Å². The van der Waals surface area contributed by atoms with Crippen LogP contribution in [-0.2, 0) is 13.1 Å². The Bertz CT molecular complexity index is 656. The standard InChI is InChI=1S/C18H27N5O.HI/c1-4-19-18(20-9-6-10-23-14-15(2)12-22-23)21-13-16-7-5-8-17(11-16)24-3;/h5,7-8,11-12,14H,4,6,9-10,13H2,1-3H3,(H2,19,20,21);1H. The normalized spacial score (nSPS) is 10.9. The first kappa shape index (κ1) is 21.3. The Balaban J connectivity index is 0.00000312. The van der Waals surface area contributed by atoms with Gasteiger partial charge >= 0.3 is 0 Å². The van der Waals surface area contributed by atoms with Gasteiger partial charge in [-0.15, -0.1) is 24.0 Å². The first-order valence-corrected chi connectivity index (χ1v) is 8.35. The fourth-order valence-electron chi connectivity index (χ4n) is 2.32. The molecule has 0 aliphatic rings. The van der Waals surface area contributed by atoms with E-state index in [0.29, 0.717) is 6.54 Å². The summed E-state index contributed by atoms with van der Waals surface area (Å²) in [7, 11) is 1.68.